The number of hydrogen-bond donors (Lipinski definition) is 0. The largest absolute Gasteiger partial charge is 0.337 e. The molecule has 28 heavy (non-hydrogen) atoms. The molecule has 6 nitrogen and oxygen atoms in total. The van der Waals surface area contributed by atoms with Crippen LogP contribution < -0.4 is 0 Å². The molecular weight excluding hydrogens is 370 g/mol. The maximum atomic E-state index is 13.1. The Morgan fingerprint density at radius 3 is 2.50 bits per heavy atom. The Labute approximate surface area is 171 Å². The highest BCUT2D eigenvalue weighted by Gasteiger charge is 2.32. The van der Waals surface area contributed by atoms with Crippen LogP contribution in [-0.2, 0) is 4.79 Å². The van der Waals surface area contributed by atoms with Crippen molar-refractivity contribution in [2.24, 2.45) is 0 Å². The van der Waals surface area contributed by atoms with E-state index in [1.54, 1.807) is 12.4 Å². The predicted molar refractivity (Wildman–Crippen MR) is 111 cm³/mol. The van der Waals surface area contributed by atoms with Gasteiger partial charge in [-0.3, -0.25) is 14.3 Å². The van der Waals surface area contributed by atoms with Crippen LogP contribution in [0.2, 0.25) is 0 Å². The molecule has 2 saturated carbocycles. The first-order valence-electron chi connectivity index (χ1n) is 10.4. The third kappa shape index (κ3) is 4.24. The maximum Gasteiger partial charge on any atom is 0.233 e. The van der Waals surface area contributed by atoms with Crippen molar-refractivity contribution in [1.29, 1.82) is 0 Å². The lowest BCUT2D eigenvalue weighted by Crippen LogP contribution is -2.46. The van der Waals surface area contributed by atoms with Gasteiger partial charge in [0.1, 0.15) is 0 Å². The average molecular weight is 400 g/mol. The standard InChI is InChI=1S/C21H29N5OS/c1-15(2)25(17-6-4-3-5-7-17)19(27)14-28-21-24-23-20(26(21)18-8-9-18)16-10-12-22-13-11-16/h10-13,15,17-18H,3-9,14H2,1-2H3. The molecule has 0 bridgehead atoms. The minimum absolute atomic E-state index is 0.225. The van der Waals surface area contributed by atoms with Gasteiger partial charge in [-0.2, -0.15) is 0 Å². The van der Waals surface area contributed by atoms with Gasteiger partial charge in [0.15, 0.2) is 11.0 Å². The quantitative estimate of drug-likeness (QED) is 0.648. The zero-order chi connectivity index (χ0) is 19.5. The van der Waals surface area contributed by atoms with Crippen molar-refractivity contribution in [3.8, 4) is 11.4 Å². The molecule has 0 saturated heterocycles. The molecule has 0 unspecified atom stereocenters. The van der Waals surface area contributed by atoms with Crippen LogP contribution in [0.5, 0.6) is 0 Å². The van der Waals surface area contributed by atoms with Gasteiger partial charge in [0.2, 0.25) is 5.91 Å². The van der Waals surface area contributed by atoms with Crippen molar-refractivity contribution in [1.82, 2.24) is 24.6 Å². The highest BCUT2D eigenvalue weighted by molar-refractivity contribution is 7.99. The summed E-state index contributed by atoms with van der Waals surface area (Å²) in [6.45, 7) is 4.26. The summed E-state index contributed by atoms with van der Waals surface area (Å²) >= 11 is 1.53. The highest BCUT2D eigenvalue weighted by atomic mass is 32.2. The number of carbonyl (C=O) groups is 1. The van der Waals surface area contributed by atoms with Gasteiger partial charge in [-0.1, -0.05) is 31.0 Å². The monoisotopic (exact) mass is 399 g/mol. The van der Waals surface area contributed by atoms with Crippen LogP contribution in [0.4, 0.5) is 0 Å². The Bertz CT molecular complexity index is 796. The van der Waals surface area contributed by atoms with Gasteiger partial charge < -0.3 is 4.90 Å². The van der Waals surface area contributed by atoms with E-state index in [4.69, 9.17) is 0 Å². The summed E-state index contributed by atoms with van der Waals surface area (Å²) in [6, 6.07) is 5.02. The molecule has 0 aliphatic heterocycles. The molecule has 2 fully saturated rings. The van der Waals surface area contributed by atoms with E-state index in [0.29, 0.717) is 17.8 Å². The Morgan fingerprint density at radius 1 is 1.14 bits per heavy atom. The Kier molecular flexibility index (Phi) is 5.99. The van der Waals surface area contributed by atoms with Crippen LogP contribution in [0.3, 0.4) is 0 Å². The van der Waals surface area contributed by atoms with Crippen molar-refractivity contribution in [3.63, 3.8) is 0 Å². The molecule has 2 aromatic rings. The Morgan fingerprint density at radius 2 is 1.86 bits per heavy atom. The summed E-state index contributed by atoms with van der Waals surface area (Å²) in [5.74, 6) is 1.53. The summed E-state index contributed by atoms with van der Waals surface area (Å²) in [4.78, 5) is 19.3. The molecule has 7 heteroatoms. The van der Waals surface area contributed by atoms with Gasteiger partial charge >= 0.3 is 0 Å². The fourth-order valence-electron chi connectivity index (χ4n) is 4.21. The first-order valence-corrected chi connectivity index (χ1v) is 11.4. The summed E-state index contributed by atoms with van der Waals surface area (Å²) in [5.41, 5.74) is 1.03. The van der Waals surface area contributed by atoms with Crippen molar-refractivity contribution < 1.29 is 4.79 Å². The SMILES string of the molecule is CC(C)N(C(=O)CSc1nnc(-c2ccncc2)n1C1CC1)C1CCCCC1. The third-order valence-corrected chi connectivity index (χ3v) is 6.58. The molecule has 0 radical (unpaired) electrons. The summed E-state index contributed by atoms with van der Waals surface area (Å²) in [7, 11) is 0. The molecule has 4 rings (SSSR count). The maximum absolute atomic E-state index is 13.1. The predicted octanol–water partition coefficient (Wildman–Crippen LogP) is 4.34. The van der Waals surface area contributed by atoms with Crippen molar-refractivity contribution in [2.75, 3.05) is 5.75 Å². The number of hydrogen-bond acceptors (Lipinski definition) is 5. The number of nitrogens with zero attached hydrogens (tertiary/aromatic N) is 5. The van der Waals surface area contributed by atoms with Crippen molar-refractivity contribution in [2.45, 2.75) is 82.1 Å². The van der Waals surface area contributed by atoms with Crippen LogP contribution in [0.15, 0.2) is 29.7 Å². The van der Waals surface area contributed by atoms with E-state index < -0.39 is 0 Å². The van der Waals surface area contributed by atoms with E-state index >= 15 is 0 Å². The minimum Gasteiger partial charge on any atom is -0.337 e. The Hall–Kier alpha value is -1.89. The van der Waals surface area contributed by atoms with E-state index in [2.05, 4.69) is 38.5 Å². The molecule has 2 aliphatic carbocycles. The average Bonchev–Trinajstić information content (AvgIpc) is 3.46. The fourth-order valence-corrected chi connectivity index (χ4v) is 5.08. The molecule has 0 N–H and O–H groups in total. The van der Waals surface area contributed by atoms with Gasteiger partial charge in [0.05, 0.1) is 5.75 Å². The smallest absolute Gasteiger partial charge is 0.233 e. The lowest BCUT2D eigenvalue weighted by atomic mass is 9.93. The topological polar surface area (TPSA) is 63.9 Å². The number of pyridine rings is 1. The van der Waals surface area contributed by atoms with E-state index in [1.165, 1.54) is 31.0 Å². The van der Waals surface area contributed by atoms with E-state index in [9.17, 15) is 4.79 Å². The number of rotatable bonds is 7. The van der Waals surface area contributed by atoms with E-state index in [0.717, 1.165) is 42.2 Å². The van der Waals surface area contributed by atoms with Crippen LogP contribution in [0.1, 0.15) is 64.8 Å². The van der Waals surface area contributed by atoms with Gasteiger partial charge in [-0.05, 0) is 51.7 Å². The molecule has 1 amide bonds. The van der Waals surface area contributed by atoms with E-state index in [-0.39, 0.29) is 11.9 Å². The normalized spacial score (nSPS) is 17.8. The molecule has 0 spiro atoms. The minimum atomic E-state index is 0.225. The van der Waals surface area contributed by atoms with Crippen LogP contribution >= 0.6 is 11.8 Å². The van der Waals surface area contributed by atoms with Crippen molar-refractivity contribution >= 4 is 17.7 Å². The summed E-state index contributed by atoms with van der Waals surface area (Å²) < 4.78 is 2.22. The lowest BCUT2D eigenvalue weighted by molar-refractivity contribution is -0.133. The number of aromatic nitrogens is 4. The molecule has 150 valence electrons. The van der Waals surface area contributed by atoms with Gasteiger partial charge in [0.25, 0.3) is 0 Å². The van der Waals surface area contributed by atoms with Crippen LogP contribution in [0, 0.1) is 0 Å². The zero-order valence-electron chi connectivity index (χ0n) is 16.8. The molecule has 2 heterocycles. The molecule has 2 aromatic heterocycles. The first-order chi connectivity index (χ1) is 13.6. The Balaban J connectivity index is 1.48. The van der Waals surface area contributed by atoms with Crippen LogP contribution in [-0.4, -0.2) is 48.4 Å². The molecular formula is C21H29N5OS. The van der Waals surface area contributed by atoms with E-state index in [1.807, 2.05) is 12.1 Å². The summed E-state index contributed by atoms with van der Waals surface area (Å²) in [6.07, 6.45) is 11.9. The summed E-state index contributed by atoms with van der Waals surface area (Å²) in [5, 5.41) is 9.72. The van der Waals surface area contributed by atoms with Crippen LogP contribution in [0.25, 0.3) is 11.4 Å². The first kappa shape index (κ1) is 19.4. The van der Waals surface area contributed by atoms with Gasteiger partial charge in [-0.25, -0.2) is 0 Å². The second-order valence-corrected chi connectivity index (χ2v) is 9.06. The van der Waals surface area contributed by atoms with Gasteiger partial charge in [0, 0.05) is 36.1 Å². The molecule has 0 atom stereocenters. The second-order valence-electron chi connectivity index (χ2n) is 8.12. The highest BCUT2D eigenvalue weighted by Crippen LogP contribution is 2.41. The molecule has 0 aromatic carbocycles. The number of amides is 1. The number of carbonyl (C=O) groups excluding carboxylic acids is 1. The second kappa shape index (κ2) is 8.64. The van der Waals surface area contributed by atoms with Crippen molar-refractivity contribution in [3.05, 3.63) is 24.5 Å². The van der Waals surface area contributed by atoms with Gasteiger partial charge in [-0.15, -0.1) is 10.2 Å². The molecule has 2 aliphatic rings. The number of thioether (sulfide) groups is 1. The fraction of sp³-hybridized carbons (Fsp3) is 0.619. The zero-order valence-corrected chi connectivity index (χ0v) is 17.6. The lowest BCUT2D eigenvalue weighted by Gasteiger charge is -2.37. The third-order valence-electron chi connectivity index (χ3n) is 5.65.